The van der Waals surface area contributed by atoms with Crippen LogP contribution in [0.15, 0.2) is 192 Å². The monoisotopic (exact) mass is 708 g/mol. The molecule has 0 saturated carbocycles. The van der Waals surface area contributed by atoms with E-state index in [2.05, 4.69) is 131 Å². The number of benzene rings is 8. The van der Waals surface area contributed by atoms with Gasteiger partial charge < -0.3 is 19.4 Å². The number of amidine groups is 2. The summed E-state index contributed by atoms with van der Waals surface area (Å²) >= 11 is 0. The molecule has 0 saturated heterocycles. The van der Waals surface area contributed by atoms with Gasteiger partial charge in [0, 0.05) is 33.0 Å². The molecule has 0 fully saturated rings. The minimum atomic E-state index is -0.270. The molecule has 2 aliphatic rings. The Balaban J connectivity index is 1.03. The Kier molecular flexibility index (Phi) is 7.13. The molecule has 0 aliphatic carbocycles. The van der Waals surface area contributed by atoms with Crippen molar-refractivity contribution in [2.45, 2.75) is 6.17 Å². The second kappa shape index (κ2) is 12.6. The molecular weight excluding hydrogens is 677 g/mol. The Morgan fingerprint density at radius 2 is 1.16 bits per heavy atom. The second-order valence-electron chi connectivity index (χ2n) is 13.8. The zero-order chi connectivity index (χ0) is 36.3. The van der Waals surface area contributed by atoms with Crippen molar-refractivity contribution in [3.63, 3.8) is 0 Å². The van der Waals surface area contributed by atoms with E-state index in [0.717, 1.165) is 77.7 Å². The highest BCUT2D eigenvalue weighted by Gasteiger charge is 2.27. The van der Waals surface area contributed by atoms with E-state index in [4.69, 9.17) is 19.5 Å². The molecule has 8 aromatic carbocycles. The summed E-state index contributed by atoms with van der Waals surface area (Å²) in [5.74, 6) is 4.32. The molecule has 0 amide bonds. The Hall–Kier alpha value is -7.44. The van der Waals surface area contributed by atoms with E-state index < -0.39 is 0 Å². The number of aliphatic imine (C=N–C) groups is 2. The lowest BCUT2D eigenvalue weighted by Crippen LogP contribution is -2.33. The lowest BCUT2D eigenvalue weighted by molar-refractivity contribution is 0.366. The van der Waals surface area contributed by atoms with Gasteiger partial charge >= 0.3 is 0 Å². The lowest BCUT2D eigenvalue weighted by atomic mass is 10.0. The zero-order valence-corrected chi connectivity index (χ0v) is 29.6. The van der Waals surface area contributed by atoms with Crippen molar-refractivity contribution < 1.29 is 9.47 Å². The number of aromatic nitrogens is 1. The first-order valence-corrected chi connectivity index (χ1v) is 18.4. The van der Waals surface area contributed by atoms with Crippen LogP contribution in [0.4, 0.5) is 0 Å². The van der Waals surface area contributed by atoms with Crippen LogP contribution in [0.2, 0.25) is 0 Å². The number of hydrogen-bond donors (Lipinski definition) is 1. The third-order valence-corrected chi connectivity index (χ3v) is 10.5. The molecule has 0 bridgehead atoms. The lowest BCUT2D eigenvalue weighted by Gasteiger charge is -2.24. The van der Waals surface area contributed by atoms with Gasteiger partial charge in [-0.15, -0.1) is 0 Å². The largest absolute Gasteiger partial charge is 0.449 e. The minimum absolute atomic E-state index is 0.270. The van der Waals surface area contributed by atoms with E-state index in [0.29, 0.717) is 23.1 Å². The predicted octanol–water partition coefficient (Wildman–Crippen LogP) is 12.0. The number of rotatable bonds is 5. The fourth-order valence-corrected chi connectivity index (χ4v) is 7.87. The van der Waals surface area contributed by atoms with Crippen molar-refractivity contribution in [2.75, 3.05) is 0 Å². The molecule has 260 valence electrons. The smallest absolute Gasteiger partial charge is 0.194 e. The van der Waals surface area contributed by atoms with E-state index in [-0.39, 0.29) is 6.17 Å². The third-order valence-electron chi connectivity index (χ3n) is 10.5. The van der Waals surface area contributed by atoms with E-state index in [1.165, 1.54) is 0 Å². The third kappa shape index (κ3) is 5.26. The maximum absolute atomic E-state index is 6.90. The molecule has 9 aromatic rings. The molecule has 55 heavy (non-hydrogen) atoms. The fourth-order valence-electron chi connectivity index (χ4n) is 7.87. The minimum Gasteiger partial charge on any atom is -0.449 e. The molecule has 3 heterocycles. The number of nitrogens with zero attached hydrogens (tertiary/aromatic N) is 3. The molecule has 6 nitrogen and oxygen atoms in total. The van der Waals surface area contributed by atoms with Crippen molar-refractivity contribution in [1.29, 1.82) is 0 Å². The average molecular weight is 709 g/mol. The van der Waals surface area contributed by atoms with Gasteiger partial charge in [0.05, 0.1) is 5.52 Å². The van der Waals surface area contributed by atoms with Gasteiger partial charge in [-0.25, -0.2) is 9.98 Å². The molecule has 1 aromatic heterocycles. The number of fused-ring (bicyclic) bond motifs is 8. The van der Waals surface area contributed by atoms with E-state index >= 15 is 0 Å². The summed E-state index contributed by atoms with van der Waals surface area (Å²) in [4.78, 5) is 10.1. The van der Waals surface area contributed by atoms with Crippen LogP contribution in [-0.4, -0.2) is 16.2 Å². The Bertz CT molecular complexity index is 3020. The molecule has 6 heteroatoms. The second-order valence-corrected chi connectivity index (χ2v) is 13.8. The standard InChI is InChI=1S/C49H32N4O2/c1-3-14-32(15-4-1)47-50-48(33-16-5-2-6-17-33)52-49(51-47)36-20-11-18-34(29-36)35-19-12-21-37(30-35)53-41-24-10-9-23-39(41)40-26-28-43-46(44(40)53)55-45-38-22-8-7-13-31(38)25-27-42(45)54-43/h1-30,47H,(H,50,51,52). The first-order valence-electron chi connectivity index (χ1n) is 18.4. The Labute approximate surface area is 317 Å². The maximum atomic E-state index is 6.90. The van der Waals surface area contributed by atoms with Crippen LogP contribution in [0.25, 0.3) is 49.4 Å². The van der Waals surface area contributed by atoms with Crippen LogP contribution < -0.4 is 14.8 Å². The van der Waals surface area contributed by atoms with Crippen molar-refractivity contribution in [1.82, 2.24) is 9.88 Å². The molecule has 1 atom stereocenters. The van der Waals surface area contributed by atoms with Gasteiger partial charge in [0.2, 0.25) is 0 Å². The van der Waals surface area contributed by atoms with Gasteiger partial charge in [0.25, 0.3) is 0 Å². The highest BCUT2D eigenvalue weighted by Crippen LogP contribution is 2.53. The quantitative estimate of drug-likeness (QED) is 0.194. The van der Waals surface area contributed by atoms with E-state index in [9.17, 15) is 0 Å². The van der Waals surface area contributed by atoms with Gasteiger partial charge in [-0.1, -0.05) is 140 Å². The van der Waals surface area contributed by atoms with Crippen LogP contribution in [0, 0.1) is 0 Å². The van der Waals surface area contributed by atoms with Gasteiger partial charge in [-0.3, -0.25) is 0 Å². The number of ether oxygens (including phenoxy) is 2. The zero-order valence-electron chi connectivity index (χ0n) is 29.6. The van der Waals surface area contributed by atoms with Crippen LogP contribution in [0.3, 0.4) is 0 Å². The highest BCUT2D eigenvalue weighted by molar-refractivity contribution is 6.14. The van der Waals surface area contributed by atoms with E-state index in [1.54, 1.807) is 0 Å². The van der Waals surface area contributed by atoms with Gasteiger partial charge in [0.15, 0.2) is 28.8 Å². The topological polar surface area (TPSA) is 60.1 Å². The van der Waals surface area contributed by atoms with Crippen molar-refractivity contribution in [3.05, 3.63) is 199 Å². The molecular formula is C49H32N4O2. The summed E-state index contributed by atoms with van der Waals surface area (Å²) in [5.41, 5.74) is 8.26. The SMILES string of the molecule is c1ccc(C2=NC(c3ccccc3)NC(c3cccc(-c4cccc(-n5c6ccccc6c6ccc7c(c65)Oc5c(ccc6ccccc56)O7)c4)c3)=N2)cc1. The van der Waals surface area contributed by atoms with Gasteiger partial charge in [-0.05, 0) is 64.5 Å². The number of nitrogens with one attached hydrogen (secondary N) is 1. The summed E-state index contributed by atoms with van der Waals surface area (Å²) < 4.78 is 15.8. The predicted molar refractivity (Wildman–Crippen MR) is 222 cm³/mol. The molecule has 11 rings (SSSR count). The molecule has 1 N–H and O–H groups in total. The molecule has 0 radical (unpaired) electrons. The normalized spacial score (nSPS) is 14.7. The summed E-state index contributed by atoms with van der Waals surface area (Å²) in [5, 5.41) is 7.98. The first-order chi connectivity index (χ1) is 27.2. The van der Waals surface area contributed by atoms with Crippen LogP contribution in [0.1, 0.15) is 22.9 Å². The van der Waals surface area contributed by atoms with Crippen LogP contribution >= 0.6 is 0 Å². The molecule has 2 aliphatic heterocycles. The van der Waals surface area contributed by atoms with E-state index in [1.807, 2.05) is 60.7 Å². The van der Waals surface area contributed by atoms with Crippen molar-refractivity contribution >= 4 is 44.2 Å². The Morgan fingerprint density at radius 1 is 0.491 bits per heavy atom. The van der Waals surface area contributed by atoms with Crippen molar-refractivity contribution in [2.24, 2.45) is 9.98 Å². The summed E-state index contributed by atoms with van der Waals surface area (Å²) in [6.07, 6.45) is -0.270. The molecule has 0 spiro atoms. The number of para-hydroxylation sites is 1. The first kappa shape index (κ1) is 31.1. The van der Waals surface area contributed by atoms with Crippen molar-refractivity contribution in [3.8, 4) is 39.8 Å². The van der Waals surface area contributed by atoms with Crippen LogP contribution in [0.5, 0.6) is 23.0 Å². The fraction of sp³-hybridized carbons (Fsp3) is 0.0204. The Morgan fingerprint density at radius 3 is 2.04 bits per heavy atom. The summed E-state index contributed by atoms with van der Waals surface area (Å²) in [6.45, 7) is 0. The summed E-state index contributed by atoms with van der Waals surface area (Å²) in [7, 11) is 0. The van der Waals surface area contributed by atoms with Gasteiger partial charge in [0.1, 0.15) is 17.5 Å². The maximum Gasteiger partial charge on any atom is 0.194 e. The van der Waals surface area contributed by atoms with Gasteiger partial charge in [-0.2, -0.15) is 0 Å². The summed E-state index contributed by atoms with van der Waals surface area (Å²) in [6, 6.07) is 62.7. The highest BCUT2D eigenvalue weighted by atomic mass is 16.6. The number of hydrogen-bond acceptors (Lipinski definition) is 5. The van der Waals surface area contributed by atoms with Crippen LogP contribution in [-0.2, 0) is 0 Å². The molecule has 1 unspecified atom stereocenters. The average Bonchev–Trinajstić information content (AvgIpc) is 3.61.